The first-order valence-corrected chi connectivity index (χ1v) is 21.8. The maximum Gasteiger partial charge on any atom is 0.347 e. The summed E-state index contributed by atoms with van der Waals surface area (Å²) in [6.07, 6.45) is 3.46. The molecular weight excluding hydrogens is 809 g/mol. The zero-order valence-corrected chi connectivity index (χ0v) is 35.9. The van der Waals surface area contributed by atoms with Gasteiger partial charge in [0.05, 0.1) is 30.9 Å². The summed E-state index contributed by atoms with van der Waals surface area (Å²) in [5, 5.41) is 37.3. The number of H-pyrrole nitrogens is 1. The van der Waals surface area contributed by atoms with E-state index in [1.54, 1.807) is 59.5 Å². The molecule has 12 nitrogen and oxygen atoms in total. The molecule has 1 aromatic heterocycles. The maximum atomic E-state index is 14.0. The zero-order valence-electron chi connectivity index (χ0n) is 35.9. The number of pyridine rings is 1. The number of piperidine rings is 1. The topological polar surface area (TPSA) is 165 Å². The van der Waals surface area contributed by atoms with Crippen LogP contribution in [-0.2, 0) is 28.2 Å². The summed E-state index contributed by atoms with van der Waals surface area (Å²) in [4.78, 5) is 46.5. The number of fused-ring (bicyclic) bond motifs is 1. The van der Waals surface area contributed by atoms with E-state index in [4.69, 9.17) is 9.47 Å². The van der Waals surface area contributed by atoms with Gasteiger partial charge in [0, 0.05) is 49.7 Å². The SMILES string of the molecule is COc1cc(CNC[C@H](O)c2ccc(O)c3[nH]c(=O)ccc23)ccc1C(=O)N1CC=C(c2cccc([C@](O)(C(=O)OCC3CCN(Cc4ccccc4)CC3)c3ccccc3)c2)CC1. The minimum absolute atomic E-state index is 0.0742. The quantitative estimate of drug-likeness (QED) is 0.0704. The molecule has 0 aliphatic carbocycles. The molecule has 2 aliphatic rings. The molecule has 1 saturated heterocycles. The van der Waals surface area contributed by atoms with E-state index in [2.05, 4.69) is 39.5 Å². The van der Waals surface area contributed by atoms with Crippen molar-refractivity contribution < 1.29 is 34.4 Å². The van der Waals surface area contributed by atoms with Crippen LogP contribution < -0.4 is 15.6 Å². The molecule has 1 amide bonds. The zero-order chi connectivity index (χ0) is 44.6. The number of nitrogens with zero attached hydrogens (tertiary/aromatic N) is 2. The van der Waals surface area contributed by atoms with Crippen LogP contribution in [0.3, 0.4) is 0 Å². The Hall–Kier alpha value is -6.57. The lowest BCUT2D eigenvalue weighted by Gasteiger charge is -2.33. The molecule has 6 aromatic rings. The van der Waals surface area contributed by atoms with Crippen LogP contribution in [0.25, 0.3) is 16.5 Å². The Morgan fingerprint density at radius 1 is 0.859 bits per heavy atom. The third-order valence-corrected chi connectivity index (χ3v) is 12.5. The fourth-order valence-corrected chi connectivity index (χ4v) is 8.80. The summed E-state index contributed by atoms with van der Waals surface area (Å²) < 4.78 is 11.6. The number of amides is 1. The summed E-state index contributed by atoms with van der Waals surface area (Å²) in [6.45, 7) is 4.36. The molecule has 0 radical (unpaired) electrons. The fourth-order valence-electron chi connectivity index (χ4n) is 8.80. The molecule has 0 unspecified atom stereocenters. The summed E-state index contributed by atoms with van der Waals surface area (Å²) in [7, 11) is 1.53. The number of phenols is 1. The summed E-state index contributed by atoms with van der Waals surface area (Å²) in [5.41, 5.74) is 3.72. The number of methoxy groups -OCH3 is 1. The second-order valence-electron chi connectivity index (χ2n) is 16.7. The Kier molecular flexibility index (Phi) is 13.7. The van der Waals surface area contributed by atoms with E-state index in [0.717, 1.165) is 49.2 Å². The van der Waals surface area contributed by atoms with Crippen LogP contribution in [0.2, 0.25) is 0 Å². The number of phenolic OH excluding ortho intramolecular Hbond substituents is 1. The Morgan fingerprint density at radius 3 is 2.34 bits per heavy atom. The van der Waals surface area contributed by atoms with Crippen LogP contribution in [0.15, 0.2) is 138 Å². The van der Waals surface area contributed by atoms with Crippen molar-refractivity contribution in [1.82, 2.24) is 20.1 Å². The average Bonchev–Trinajstić information content (AvgIpc) is 3.34. The van der Waals surface area contributed by atoms with Crippen LogP contribution in [0, 0.1) is 5.92 Å². The highest BCUT2D eigenvalue weighted by Gasteiger charge is 2.42. The number of aromatic nitrogens is 1. The third-order valence-electron chi connectivity index (χ3n) is 12.5. The smallest absolute Gasteiger partial charge is 0.347 e. The third kappa shape index (κ3) is 9.80. The molecule has 5 N–H and O–H groups in total. The van der Waals surface area contributed by atoms with Crippen LogP contribution in [-0.4, -0.2) is 88.4 Å². The normalized spacial score (nSPS) is 16.2. The van der Waals surface area contributed by atoms with E-state index in [1.807, 2.05) is 42.5 Å². The van der Waals surface area contributed by atoms with E-state index in [0.29, 0.717) is 59.4 Å². The monoisotopic (exact) mass is 862 g/mol. The van der Waals surface area contributed by atoms with Gasteiger partial charge in [0.15, 0.2) is 0 Å². The number of aromatic hydroxyl groups is 1. The second kappa shape index (κ2) is 19.9. The first kappa shape index (κ1) is 44.1. The highest BCUT2D eigenvalue weighted by atomic mass is 16.5. The fraction of sp³-hybridized carbons (Fsp3) is 0.288. The van der Waals surface area contributed by atoms with Gasteiger partial charge in [-0.3, -0.25) is 14.5 Å². The van der Waals surface area contributed by atoms with Crippen LogP contribution in [0.4, 0.5) is 0 Å². The number of aromatic amines is 1. The van der Waals surface area contributed by atoms with E-state index in [1.165, 1.54) is 24.8 Å². The molecule has 3 heterocycles. The van der Waals surface area contributed by atoms with Gasteiger partial charge in [-0.25, -0.2) is 4.79 Å². The molecule has 1 fully saturated rings. The number of nitrogens with one attached hydrogen (secondary N) is 2. The van der Waals surface area contributed by atoms with Gasteiger partial charge in [0.1, 0.15) is 11.5 Å². The number of aliphatic hydroxyl groups is 2. The van der Waals surface area contributed by atoms with Crippen molar-refractivity contribution in [2.24, 2.45) is 5.92 Å². The number of benzene rings is 5. The van der Waals surface area contributed by atoms with Gasteiger partial charge >= 0.3 is 5.97 Å². The number of carbonyl (C=O) groups excluding carboxylic acids is 2. The molecule has 2 atom stereocenters. The number of rotatable bonds is 15. The molecule has 5 aromatic carbocycles. The molecule has 0 bridgehead atoms. The maximum absolute atomic E-state index is 14.0. The summed E-state index contributed by atoms with van der Waals surface area (Å²) in [5.74, 6) is -0.309. The lowest BCUT2D eigenvalue weighted by molar-refractivity contribution is -0.164. The van der Waals surface area contributed by atoms with Crippen molar-refractivity contribution in [2.75, 3.05) is 46.4 Å². The van der Waals surface area contributed by atoms with Crippen molar-refractivity contribution in [3.63, 3.8) is 0 Å². The number of carbonyl (C=O) groups is 2. The number of esters is 1. The van der Waals surface area contributed by atoms with Gasteiger partial charge in [-0.2, -0.15) is 0 Å². The predicted octanol–water partition coefficient (Wildman–Crippen LogP) is 6.69. The molecule has 330 valence electrons. The van der Waals surface area contributed by atoms with Crippen molar-refractivity contribution in [2.45, 2.75) is 44.1 Å². The molecule has 8 rings (SSSR count). The van der Waals surface area contributed by atoms with Gasteiger partial charge < -0.3 is 40.0 Å². The summed E-state index contributed by atoms with van der Waals surface area (Å²) in [6, 6.07) is 38.2. The van der Waals surface area contributed by atoms with Gasteiger partial charge in [-0.1, -0.05) is 97.1 Å². The predicted molar refractivity (Wildman–Crippen MR) is 246 cm³/mol. The molecular formula is C52H54N4O8. The Bertz CT molecular complexity index is 2680. The highest BCUT2D eigenvalue weighted by molar-refractivity contribution is 5.97. The number of hydrogen-bond donors (Lipinski definition) is 5. The highest BCUT2D eigenvalue weighted by Crippen LogP contribution is 2.35. The van der Waals surface area contributed by atoms with Crippen molar-refractivity contribution in [3.05, 3.63) is 183 Å². The standard InChI is InChI=1S/C52H54N4O8/c1-63-47-29-37(31-53-32-46(58)42-17-19-45(57)49-43(42)18-20-48(59)54-49)15-16-44(47)50(60)56-27-23-38(24-28-56)39-11-8-14-41(30-39)52(62,40-12-6-3-7-13-40)51(61)64-34-36-21-25-55(26-22-36)33-35-9-4-2-5-10-35/h2-20,23,29-30,36,46,53,57-58,62H,21-22,24-28,31-34H2,1H3,(H,54,59)/t46-,52-/m0/s1. The first-order valence-electron chi connectivity index (χ1n) is 21.8. The van der Waals surface area contributed by atoms with E-state index in [-0.39, 0.29) is 41.8 Å². The van der Waals surface area contributed by atoms with Gasteiger partial charge in [-0.15, -0.1) is 0 Å². The Balaban J connectivity index is 0.890. The van der Waals surface area contributed by atoms with E-state index < -0.39 is 17.7 Å². The minimum atomic E-state index is -2.02. The number of aliphatic hydroxyl groups excluding tert-OH is 1. The van der Waals surface area contributed by atoms with Crippen LogP contribution in [0.1, 0.15) is 69.1 Å². The lowest BCUT2D eigenvalue weighted by atomic mass is 9.84. The number of likely N-dealkylation sites (tertiary alicyclic amines) is 1. The second-order valence-corrected chi connectivity index (χ2v) is 16.7. The Labute approximate surface area is 372 Å². The lowest BCUT2D eigenvalue weighted by Crippen LogP contribution is -2.40. The van der Waals surface area contributed by atoms with Gasteiger partial charge in [-0.05, 0) is 102 Å². The largest absolute Gasteiger partial charge is 0.506 e. The van der Waals surface area contributed by atoms with Crippen molar-refractivity contribution in [1.29, 1.82) is 0 Å². The number of ether oxygens (including phenoxy) is 2. The molecule has 12 heteroatoms. The van der Waals surface area contributed by atoms with Gasteiger partial charge in [0.25, 0.3) is 5.91 Å². The average molecular weight is 863 g/mol. The molecule has 0 spiro atoms. The molecule has 2 aliphatic heterocycles. The van der Waals surface area contributed by atoms with E-state index in [9.17, 15) is 29.7 Å². The van der Waals surface area contributed by atoms with Crippen LogP contribution in [0.5, 0.6) is 11.5 Å². The van der Waals surface area contributed by atoms with Crippen LogP contribution >= 0.6 is 0 Å². The van der Waals surface area contributed by atoms with Gasteiger partial charge in [0.2, 0.25) is 11.2 Å². The summed E-state index contributed by atoms with van der Waals surface area (Å²) >= 11 is 0. The molecule has 64 heavy (non-hydrogen) atoms. The number of hydrogen-bond acceptors (Lipinski definition) is 10. The Morgan fingerprint density at radius 2 is 1.61 bits per heavy atom. The van der Waals surface area contributed by atoms with Crippen molar-refractivity contribution in [3.8, 4) is 11.5 Å². The van der Waals surface area contributed by atoms with Crippen molar-refractivity contribution >= 4 is 28.4 Å². The molecule has 0 saturated carbocycles. The minimum Gasteiger partial charge on any atom is -0.506 e. The van der Waals surface area contributed by atoms with E-state index >= 15 is 0 Å². The first-order chi connectivity index (χ1) is 31.1.